The topological polar surface area (TPSA) is 85.8 Å². The van der Waals surface area contributed by atoms with Gasteiger partial charge in [0.15, 0.2) is 5.79 Å². The van der Waals surface area contributed by atoms with Crippen LogP contribution in [-0.4, -0.2) is 73.1 Å². The van der Waals surface area contributed by atoms with Crippen LogP contribution in [0.1, 0.15) is 23.3 Å². The van der Waals surface area contributed by atoms with E-state index in [2.05, 4.69) is 15.3 Å². The summed E-state index contributed by atoms with van der Waals surface area (Å²) >= 11 is 0. The predicted molar refractivity (Wildman–Crippen MR) is 82.2 cm³/mol. The second kappa shape index (κ2) is 7.20. The molecule has 3 rings (SSSR count). The van der Waals surface area contributed by atoms with Gasteiger partial charge in [-0.1, -0.05) is 0 Å². The van der Waals surface area contributed by atoms with Crippen LogP contribution in [0.4, 0.5) is 5.95 Å². The Morgan fingerprint density at radius 1 is 1.39 bits per heavy atom. The number of nitrogens with zero attached hydrogens (tertiary/aromatic N) is 3. The molecule has 8 nitrogen and oxygen atoms in total. The van der Waals surface area contributed by atoms with E-state index < -0.39 is 5.79 Å². The summed E-state index contributed by atoms with van der Waals surface area (Å²) < 4.78 is 16.3. The Balaban J connectivity index is 1.58. The van der Waals surface area contributed by atoms with Crippen LogP contribution in [0.5, 0.6) is 0 Å². The second-order valence-electron chi connectivity index (χ2n) is 5.58. The van der Waals surface area contributed by atoms with Gasteiger partial charge in [0.2, 0.25) is 5.95 Å². The molecule has 0 bridgehead atoms. The molecule has 0 atom stereocenters. The lowest BCUT2D eigenvalue weighted by molar-refractivity contribution is -0.181. The molecule has 0 saturated carbocycles. The molecule has 1 amide bonds. The van der Waals surface area contributed by atoms with Crippen LogP contribution >= 0.6 is 0 Å². The Labute approximate surface area is 135 Å². The van der Waals surface area contributed by atoms with E-state index >= 15 is 0 Å². The van der Waals surface area contributed by atoms with Crippen LogP contribution in [0.25, 0.3) is 0 Å². The first kappa shape index (κ1) is 16.1. The third kappa shape index (κ3) is 3.77. The Hall–Kier alpha value is -1.77. The normalized spacial score (nSPS) is 20.0. The largest absolute Gasteiger partial charge is 0.383 e. The fourth-order valence-corrected chi connectivity index (χ4v) is 2.83. The average molecular weight is 322 g/mol. The van der Waals surface area contributed by atoms with E-state index in [9.17, 15) is 4.79 Å². The van der Waals surface area contributed by atoms with Crippen molar-refractivity contribution in [2.75, 3.05) is 51.9 Å². The number of ether oxygens (including phenoxy) is 3. The Morgan fingerprint density at radius 2 is 2.13 bits per heavy atom. The summed E-state index contributed by atoms with van der Waals surface area (Å²) in [4.78, 5) is 22.8. The first-order chi connectivity index (χ1) is 11.2. The molecule has 8 heteroatoms. The van der Waals surface area contributed by atoms with Crippen molar-refractivity contribution in [2.45, 2.75) is 18.6 Å². The number of nitrogens with one attached hydrogen (secondary N) is 1. The van der Waals surface area contributed by atoms with Gasteiger partial charge in [-0.2, -0.15) is 0 Å². The fourth-order valence-electron chi connectivity index (χ4n) is 2.83. The van der Waals surface area contributed by atoms with E-state index in [1.54, 1.807) is 24.3 Å². The zero-order valence-electron chi connectivity index (χ0n) is 13.3. The average Bonchev–Trinajstić information content (AvgIpc) is 3.04. The molecular weight excluding hydrogens is 300 g/mol. The van der Waals surface area contributed by atoms with Crippen molar-refractivity contribution >= 4 is 11.9 Å². The van der Waals surface area contributed by atoms with Crippen molar-refractivity contribution in [2.24, 2.45) is 0 Å². The number of piperidine rings is 1. The Bertz CT molecular complexity index is 538. The first-order valence-electron chi connectivity index (χ1n) is 7.85. The summed E-state index contributed by atoms with van der Waals surface area (Å²) in [6, 6.07) is 1.64. The van der Waals surface area contributed by atoms with Crippen LogP contribution in [0.3, 0.4) is 0 Å². The third-order valence-corrected chi connectivity index (χ3v) is 4.09. The van der Waals surface area contributed by atoms with Crippen molar-refractivity contribution in [3.8, 4) is 0 Å². The number of carbonyl (C=O) groups is 1. The Morgan fingerprint density at radius 3 is 2.83 bits per heavy atom. The molecule has 0 aliphatic carbocycles. The first-order valence-corrected chi connectivity index (χ1v) is 7.85. The molecule has 0 aromatic carbocycles. The van der Waals surface area contributed by atoms with E-state index in [1.807, 2.05) is 0 Å². The van der Waals surface area contributed by atoms with Gasteiger partial charge < -0.3 is 24.4 Å². The van der Waals surface area contributed by atoms with Gasteiger partial charge >= 0.3 is 0 Å². The molecule has 2 fully saturated rings. The number of methoxy groups -OCH3 is 1. The maximum Gasteiger partial charge on any atom is 0.272 e. The van der Waals surface area contributed by atoms with E-state index in [1.165, 1.54) is 0 Å². The molecule has 2 aliphatic rings. The fraction of sp³-hybridized carbons (Fsp3) is 0.667. The van der Waals surface area contributed by atoms with Gasteiger partial charge in [0.1, 0.15) is 5.69 Å². The summed E-state index contributed by atoms with van der Waals surface area (Å²) in [5.74, 6) is -0.131. The summed E-state index contributed by atoms with van der Waals surface area (Å²) in [6.07, 6.45) is 2.98. The van der Waals surface area contributed by atoms with Gasteiger partial charge in [0.05, 0.1) is 19.8 Å². The van der Waals surface area contributed by atoms with Gasteiger partial charge in [-0.25, -0.2) is 9.97 Å². The predicted octanol–water partition coefficient (Wildman–Crippen LogP) is 0.514. The standard InChI is InChI=1S/C15H22N4O4/c1-21-9-6-17-14-16-5-2-12(18-14)13(20)19-7-3-15(4-8-19)22-10-11-23-15/h2,5H,3-4,6-11H2,1H3,(H,16,17,18). The molecule has 0 unspecified atom stereocenters. The van der Waals surface area contributed by atoms with Crippen molar-refractivity contribution < 1.29 is 19.0 Å². The minimum Gasteiger partial charge on any atom is -0.383 e. The van der Waals surface area contributed by atoms with E-state index in [4.69, 9.17) is 14.2 Å². The molecule has 1 spiro atoms. The van der Waals surface area contributed by atoms with Crippen molar-refractivity contribution in [3.05, 3.63) is 18.0 Å². The number of aromatic nitrogens is 2. The number of anilines is 1. The zero-order chi connectivity index (χ0) is 16.1. The monoisotopic (exact) mass is 322 g/mol. The maximum absolute atomic E-state index is 12.6. The summed E-state index contributed by atoms with van der Waals surface area (Å²) in [7, 11) is 1.63. The summed E-state index contributed by atoms with van der Waals surface area (Å²) in [5.41, 5.74) is 0.393. The number of hydrogen-bond donors (Lipinski definition) is 1. The SMILES string of the molecule is COCCNc1nccc(C(=O)N2CCC3(CC2)OCCO3)n1. The van der Waals surface area contributed by atoms with Crippen molar-refractivity contribution in [3.63, 3.8) is 0 Å². The van der Waals surface area contributed by atoms with Crippen molar-refractivity contribution in [1.82, 2.24) is 14.9 Å². The highest BCUT2D eigenvalue weighted by Crippen LogP contribution is 2.31. The molecule has 1 N–H and O–H groups in total. The minimum atomic E-state index is -0.477. The molecule has 2 aliphatic heterocycles. The van der Waals surface area contributed by atoms with Gasteiger partial charge in [-0.05, 0) is 6.07 Å². The lowest BCUT2D eigenvalue weighted by Gasteiger charge is -2.37. The van der Waals surface area contributed by atoms with Crippen LogP contribution in [0.2, 0.25) is 0 Å². The van der Waals surface area contributed by atoms with Gasteiger partial charge in [0.25, 0.3) is 5.91 Å². The number of amides is 1. The van der Waals surface area contributed by atoms with E-state index in [0.717, 1.165) is 0 Å². The molecule has 1 aromatic rings. The number of likely N-dealkylation sites (tertiary alicyclic amines) is 1. The van der Waals surface area contributed by atoms with Gasteiger partial charge in [-0.3, -0.25) is 4.79 Å². The smallest absolute Gasteiger partial charge is 0.272 e. The molecule has 2 saturated heterocycles. The molecular formula is C15H22N4O4. The summed E-state index contributed by atoms with van der Waals surface area (Å²) in [5, 5.41) is 3.03. The highest BCUT2D eigenvalue weighted by Gasteiger charge is 2.41. The highest BCUT2D eigenvalue weighted by molar-refractivity contribution is 5.92. The molecule has 0 radical (unpaired) electrons. The molecule has 1 aromatic heterocycles. The van der Waals surface area contributed by atoms with Crippen LogP contribution in [0, 0.1) is 0 Å². The van der Waals surface area contributed by atoms with E-state index in [0.29, 0.717) is 63.9 Å². The minimum absolute atomic E-state index is 0.0879. The van der Waals surface area contributed by atoms with Gasteiger partial charge in [-0.15, -0.1) is 0 Å². The number of rotatable bonds is 5. The molecule has 126 valence electrons. The molecule has 3 heterocycles. The number of carbonyl (C=O) groups excluding carboxylic acids is 1. The third-order valence-electron chi connectivity index (χ3n) is 4.09. The summed E-state index contributed by atoms with van der Waals surface area (Å²) in [6.45, 7) is 3.63. The quantitative estimate of drug-likeness (QED) is 0.791. The maximum atomic E-state index is 12.6. The lowest BCUT2D eigenvalue weighted by atomic mass is 10.0. The van der Waals surface area contributed by atoms with Crippen molar-refractivity contribution in [1.29, 1.82) is 0 Å². The van der Waals surface area contributed by atoms with Crippen LogP contribution < -0.4 is 5.32 Å². The molecule has 23 heavy (non-hydrogen) atoms. The lowest BCUT2D eigenvalue weighted by Crippen LogP contribution is -2.47. The Kier molecular flexibility index (Phi) is 5.04. The zero-order valence-corrected chi connectivity index (χ0v) is 13.3. The number of hydrogen-bond acceptors (Lipinski definition) is 7. The van der Waals surface area contributed by atoms with Crippen LogP contribution in [-0.2, 0) is 14.2 Å². The van der Waals surface area contributed by atoms with E-state index in [-0.39, 0.29) is 5.91 Å². The van der Waals surface area contributed by atoms with Crippen LogP contribution in [0.15, 0.2) is 12.3 Å². The van der Waals surface area contributed by atoms with Gasteiger partial charge in [0, 0.05) is 45.8 Å². The second-order valence-corrected chi connectivity index (χ2v) is 5.58. The highest BCUT2D eigenvalue weighted by atomic mass is 16.7.